The molecule has 0 N–H and O–H groups in total. The molecule has 1 atom stereocenters. The van der Waals surface area contributed by atoms with E-state index >= 15 is 0 Å². The molecule has 1 unspecified atom stereocenters. The molecule has 0 aliphatic heterocycles. The van der Waals surface area contributed by atoms with E-state index in [4.69, 9.17) is 4.42 Å². The summed E-state index contributed by atoms with van der Waals surface area (Å²) in [5, 5.41) is 0. The van der Waals surface area contributed by atoms with Crippen molar-refractivity contribution < 1.29 is 14.0 Å². The summed E-state index contributed by atoms with van der Waals surface area (Å²) in [6, 6.07) is 0. The smallest absolute Gasteiger partial charge is 0.167 e. The van der Waals surface area contributed by atoms with E-state index in [1.54, 1.807) is 13.2 Å². The highest BCUT2D eigenvalue weighted by Crippen LogP contribution is 2.35. The highest BCUT2D eigenvalue weighted by molar-refractivity contribution is 6.01. The van der Waals surface area contributed by atoms with E-state index in [1.165, 1.54) is 0 Å². The van der Waals surface area contributed by atoms with Crippen LogP contribution in [0.15, 0.2) is 10.7 Å². The Morgan fingerprint density at radius 3 is 2.86 bits per heavy atom. The number of carbonyl (C=O) groups is 2. The van der Waals surface area contributed by atoms with Crippen LogP contribution >= 0.6 is 0 Å². The zero-order valence-corrected chi connectivity index (χ0v) is 8.29. The van der Waals surface area contributed by atoms with Gasteiger partial charge in [-0.25, -0.2) is 0 Å². The molecule has 1 aliphatic carbocycles. The molecule has 0 fully saturated rings. The molecule has 1 heterocycles. The molecule has 3 heteroatoms. The predicted molar refractivity (Wildman–Crippen MR) is 50.3 cm³/mol. The van der Waals surface area contributed by atoms with Crippen LogP contribution in [0.4, 0.5) is 0 Å². The second-order valence-corrected chi connectivity index (χ2v) is 4.27. The lowest BCUT2D eigenvalue weighted by atomic mass is 9.75. The van der Waals surface area contributed by atoms with Gasteiger partial charge in [0.2, 0.25) is 0 Å². The maximum absolute atomic E-state index is 11.7. The Morgan fingerprint density at radius 2 is 2.21 bits per heavy atom. The van der Waals surface area contributed by atoms with Crippen molar-refractivity contribution in [2.75, 3.05) is 0 Å². The largest absolute Gasteiger partial charge is 0.468 e. The van der Waals surface area contributed by atoms with Crippen molar-refractivity contribution >= 4 is 12.1 Å². The zero-order chi connectivity index (χ0) is 10.3. The summed E-state index contributed by atoms with van der Waals surface area (Å²) >= 11 is 0. The van der Waals surface area contributed by atoms with Crippen LogP contribution in [-0.2, 0) is 11.2 Å². The first-order valence-electron chi connectivity index (χ1n) is 4.62. The Bertz CT molecular complexity index is 403. The Morgan fingerprint density at radius 1 is 1.50 bits per heavy atom. The Hall–Kier alpha value is -1.38. The number of aldehydes is 1. The normalized spacial score (nSPS) is 26.0. The van der Waals surface area contributed by atoms with Crippen molar-refractivity contribution in [3.8, 4) is 0 Å². The maximum atomic E-state index is 11.7. The van der Waals surface area contributed by atoms with Crippen molar-refractivity contribution in [3.05, 3.63) is 23.2 Å². The van der Waals surface area contributed by atoms with E-state index < -0.39 is 5.41 Å². The molecule has 1 aromatic rings. The van der Waals surface area contributed by atoms with Gasteiger partial charge >= 0.3 is 0 Å². The van der Waals surface area contributed by atoms with Crippen molar-refractivity contribution in [2.45, 2.75) is 26.7 Å². The quantitative estimate of drug-likeness (QED) is 0.638. The molecular formula is C11H12O3. The van der Waals surface area contributed by atoms with Crippen molar-refractivity contribution in [2.24, 2.45) is 5.41 Å². The van der Waals surface area contributed by atoms with Gasteiger partial charge in [0.1, 0.15) is 12.0 Å². The van der Waals surface area contributed by atoms with Gasteiger partial charge in [-0.05, 0) is 12.5 Å². The summed E-state index contributed by atoms with van der Waals surface area (Å²) in [7, 11) is 0. The Balaban J connectivity index is 2.49. The fraction of sp³-hybridized carbons (Fsp3) is 0.455. The topological polar surface area (TPSA) is 47.3 Å². The summed E-state index contributed by atoms with van der Waals surface area (Å²) in [6.45, 7) is 3.64. The lowest BCUT2D eigenvalue weighted by molar-refractivity contribution is -0.115. The number of fused-ring (bicyclic) bond motifs is 1. The average Bonchev–Trinajstić information content (AvgIpc) is 2.47. The van der Waals surface area contributed by atoms with E-state index in [-0.39, 0.29) is 5.78 Å². The SMILES string of the molecule is Cc1coc2c1C(=O)CC(C)(C=O)C2. The van der Waals surface area contributed by atoms with Crippen molar-refractivity contribution in [1.29, 1.82) is 0 Å². The summed E-state index contributed by atoms with van der Waals surface area (Å²) in [6.07, 6.45) is 3.26. The molecule has 0 radical (unpaired) electrons. The molecule has 0 saturated heterocycles. The molecule has 2 rings (SSSR count). The number of aryl methyl sites for hydroxylation is 1. The number of ketones is 1. The lowest BCUT2D eigenvalue weighted by Crippen LogP contribution is -2.30. The Kier molecular flexibility index (Phi) is 1.84. The minimum absolute atomic E-state index is 0.0205. The van der Waals surface area contributed by atoms with Crippen LogP contribution in [0.25, 0.3) is 0 Å². The molecular weight excluding hydrogens is 180 g/mol. The van der Waals surface area contributed by atoms with Gasteiger partial charge in [-0.15, -0.1) is 0 Å². The second kappa shape index (κ2) is 2.80. The van der Waals surface area contributed by atoms with E-state index in [1.807, 2.05) is 6.92 Å². The van der Waals surface area contributed by atoms with Gasteiger partial charge in [-0.3, -0.25) is 4.79 Å². The molecule has 0 aromatic carbocycles. The number of carbonyl (C=O) groups excluding carboxylic acids is 2. The van der Waals surface area contributed by atoms with Crippen LogP contribution in [0.5, 0.6) is 0 Å². The molecule has 0 bridgehead atoms. The van der Waals surface area contributed by atoms with Gasteiger partial charge in [-0.1, -0.05) is 6.92 Å². The predicted octanol–water partition coefficient (Wildman–Crippen LogP) is 1.92. The van der Waals surface area contributed by atoms with Crippen LogP contribution in [-0.4, -0.2) is 12.1 Å². The fourth-order valence-corrected chi connectivity index (χ4v) is 1.97. The van der Waals surface area contributed by atoms with Crippen molar-refractivity contribution in [3.63, 3.8) is 0 Å². The number of furan rings is 1. The second-order valence-electron chi connectivity index (χ2n) is 4.27. The average molecular weight is 192 g/mol. The van der Waals surface area contributed by atoms with Crippen LogP contribution in [0, 0.1) is 12.3 Å². The fourth-order valence-electron chi connectivity index (χ4n) is 1.97. The summed E-state index contributed by atoms with van der Waals surface area (Å²) in [4.78, 5) is 22.6. The van der Waals surface area contributed by atoms with Gasteiger partial charge in [0.25, 0.3) is 0 Å². The molecule has 0 saturated carbocycles. The summed E-state index contributed by atoms with van der Waals surface area (Å²) in [5.74, 6) is 0.681. The van der Waals surface area contributed by atoms with E-state index in [0.717, 1.165) is 11.8 Å². The van der Waals surface area contributed by atoms with Gasteiger partial charge in [0, 0.05) is 18.3 Å². The molecule has 1 aliphatic rings. The number of Topliss-reactive ketones (excluding diaryl/α,β-unsaturated/α-hetero) is 1. The molecule has 0 amide bonds. The Labute approximate surface area is 82.1 Å². The van der Waals surface area contributed by atoms with E-state index in [2.05, 4.69) is 0 Å². The highest BCUT2D eigenvalue weighted by Gasteiger charge is 2.37. The molecule has 1 aromatic heterocycles. The third-order valence-electron chi connectivity index (χ3n) is 2.74. The monoisotopic (exact) mass is 192 g/mol. The van der Waals surface area contributed by atoms with Gasteiger partial charge in [-0.2, -0.15) is 0 Å². The third-order valence-corrected chi connectivity index (χ3v) is 2.74. The molecule has 14 heavy (non-hydrogen) atoms. The standard InChI is InChI=1S/C11H12O3/c1-7-5-14-9-4-11(2,6-12)3-8(13)10(7)9/h5-6H,3-4H2,1-2H3. The van der Waals surface area contributed by atoms with E-state index in [0.29, 0.717) is 24.2 Å². The van der Waals surface area contributed by atoms with Gasteiger partial charge in [0.15, 0.2) is 5.78 Å². The van der Waals surface area contributed by atoms with Crippen LogP contribution < -0.4 is 0 Å². The first-order chi connectivity index (χ1) is 6.56. The zero-order valence-electron chi connectivity index (χ0n) is 8.29. The number of hydrogen-bond acceptors (Lipinski definition) is 3. The number of rotatable bonds is 1. The van der Waals surface area contributed by atoms with Crippen LogP contribution in [0.1, 0.15) is 35.0 Å². The summed E-state index contributed by atoms with van der Waals surface area (Å²) in [5.41, 5.74) is 0.983. The first kappa shape index (κ1) is 9.19. The molecule has 0 spiro atoms. The third kappa shape index (κ3) is 1.20. The van der Waals surface area contributed by atoms with E-state index in [9.17, 15) is 9.59 Å². The van der Waals surface area contributed by atoms with Crippen LogP contribution in [0.2, 0.25) is 0 Å². The molecule has 3 nitrogen and oxygen atoms in total. The van der Waals surface area contributed by atoms with Gasteiger partial charge in [0.05, 0.1) is 11.8 Å². The van der Waals surface area contributed by atoms with Crippen molar-refractivity contribution in [1.82, 2.24) is 0 Å². The molecule has 74 valence electrons. The van der Waals surface area contributed by atoms with Crippen LogP contribution in [0.3, 0.4) is 0 Å². The maximum Gasteiger partial charge on any atom is 0.167 e. The highest BCUT2D eigenvalue weighted by atomic mass is 16.3. The minimum Gasteiger partial charge on any atom is -0.468 e. The number of hydrogen-bond donors (Lipinski definition) is 0. The lowest BCUT2D eigenvalue weighted by Gasteiger charge is -2.25. The summed E-state index contributed by atoms with van der Waals surface area (Å²) < 4.78 is 5.27. The van der Waals surface area contributed by atoms with Gasteiger partial charge < -0.3 is 9.21 Å². The minimum atomic E-state index is -0.575. The first-order valence-corrected chi connectivity index (χ1v) is 4.62.